The van der Waals surface area contributed by atoms with Crippen molar-refractivity contribution in [3.05, 3.63) is 0 Å². The van der Waals surface area contributed by atoms with E-state index in [2.05, 4.69) is 0 Å². The summed E-state index contributed by atoms with van der Waals surface area (Å²) < 4.78 is 28.7. The maximum absolute atomic E-state index is 11.4. The van der Waals surface area contributed by atoms with Gasteiger partial charge in [-0.3, -0.25) is 0 Å². The molecule has 0 saturated heterocycles. The van der Waals surface area contributed by atoms with Crippen LogP contribution in [-0.2, 0) is 14.8 Å². The van der Waals surface area contributed by atoms with E-state index in [1.54, 1.807) is 6.07 Å². The number of methoxy groups -OCH3 is 1. The third kappa shape index (κ3) is 3.30. The molecule has 0 radical (unpaired) electrons. The number of nitrogens with zero attached hydrogens (tertiary/aromatic N) is 2. The fourth-order valence-electron chi connectivity index (χ4n) is 0.684. The van der Waals surface area contributed by atoms with E-state index in [1.165, 1.54) is 21.1 Å². The van der Waals surface area contributed by atoms with E-state index in [9.17, 15) is 8.42 Å². The highest BCUT2D eigenvalue weighted by atomic mass is 32.2. The fourth-order valence-corrected chi connectivity index (χ4v) is 1.69. The van der Waals surface area contributed by atoms with Crippen molar-refractivity contribution in [1.82, 2.24) is 4.31 Å². The van der Waals surface area contributed by atoms with Gasteiger partial charge in [0.25, 0.3) is 0 Å². The Kier molecular flexibility index (Phi) is 4.91. The first-order chi connectivity index (χ1) is 5.96. The van der Waals surface area contributed by atoms with Crippen molar-refractivity contribution in [1.29, 1.82) is 5.26 Å². The highest BCUT2D eigenvalue weighted by Gasteiger charge is 2.24. The van der Waals surface area contributed by atoms with Gasteiger partial charge in [0.2, 0.25) is 10.0 Å². The van der Waals surface area contributed by atoms with E-state index in [4.69, 9.17) is 10.00 Å². The van der Waals surface area contributed by atoms with Crippen molar-refractivity contribution in [3.8, 4) is 6.07 Å². The summed E-state index contributed by atoms with van der Waals surface area (Å²) in [5, 5.41) is 7.45. The Morgan fingerprint density at radius 1 is 1.62 bits per heavy atom. The Balaban J connectivity index is 4.39. The normalized spacial score (nSPS) is 14.1. The summed E-state index contributed by atoms with van der Waals surface area (Å²) >= 11 is 0. The van der Waals surface area contributed by atoms with Gasteiger partial charge >= 0.3 is 0 Å². The highest BCUT2D eigenvalue weighted by Crippen LogP contribution is 2.04. The van der Waals surface area contributed by atoms with Crippen LogP contribution in [0.4, 0.5) is 0 Å². The number of ether oxygens (including phenoxy) is 1. The third-order valence-electron chi connectivity index (χ3n) is 1.67. The van der Waals surface area contributed by atoms with Crippen LogP contribution in [0.25, 0.3) is 0 Å². The Morgan fingerprint density at radius 2 is 2.15 bits per heavy atom. The molecule has 0 aliphatic carbocycles. The third-order valence-corrected chi connectivity index (χ3v) is 3.72. The summed E-state index contributed by atoms with van der Waals surface area (Å²) in [4.78, 5) is 0. The van der Waals surface area contributed by atoms with Gasteiger partial charge in [-0.15, -0.1) is 0 Å². The summed E-state index contributed by atoms with van der Waals surface area (Å²) in [6.07, 6.45) is 0. The van der Waals surface area contributed by atoms with Gasteiger partial charge in [-0.2, -0.15) is 5.26 Å². The van der Waals surface area contributed by atoms with Crippen molar-refractivity contribution < 1.29 is 13.2 Å². The molecule has 1 unspecified atom stereocenters. The van der Waals surface area contributed by atoms with E-state index < -0.39 is 15.3 Å². The predicted molar refractivity (Wildman–Crippen MR) is 48.5 cm³/mol. The van der Waals surface area contributed by atoms with Crippen LogP contribution in [0.2, 0.25) is 0 Å². The minimum absolute atomic E-state index is 0.269. The number of nitriles is 1. The van der Waals surface area contributed by atoms with Crippen LogP contribution in [0.1, 0.15) is 6.92 Å². The first kappa shape index (κ1) is 12.4. The molecular formula is C7H14N2O3S. The number of sulfonamides is 1. The lowest BCUT2D eigenvalue weighted by molar-refractivity contribution is 0.185. The minimum Gasteiger partial charge on any atom is -0.383 e. The van der Waals surface area contributed by atoms with Crippen LogP contribution in [-0.4, -0.2) is 45.3 Å². The minimum atomic E-state index is -3.47. The molecule has 0 aliphatic heterocycles. The zero-order valence-electron chi connectivity index (χ0n) is 8.02. The van der Waals surface area contributed by atoms with Crippen LogP contribution in [0.3, 0.4) is 0 Å². The van der Waals surface area contributed by atoms with Gasteiger partial charge in [-0.05, 0) is 6.92 Å². The maximum atomic E-state index is 11.4. The molecule has 13 heavy (non-hydrogen) atoms. The summed E-state index contributed by atoms with van der Waals surface area (Å²) in [7, 11) is -0.542. The lowest BCUT2D eigenvalue weighted by atomic mass is 10.5. The van der Waals surface area contributed by atoms with Gasteiger partial charge in [-0.25, -0.2) is 12.7 Å². The second kappa shape index (κ2) is 5.17. The second-order valence-electron chi connectivity index (χ2n) is 2.63. The van der Waals surface area contributed by atoms with Crippen molar-refractivity contribution in [2.45, 2.75) is 12.2 Å². The largest absolute Gasteiger partial charge is 0.383 e. The molecule has 0 saturated carbocycles. The van der Waals surface area contributed by atoms with E-state index in [0.717, 1.165) is 4.31 Å². The number of rotatable bonds is 5. The van der Waals surface area contributed by atoms with Gasteiger partial charge in [-0.1, -0.05) is 0 Å². The molecule has 0 N–H and O–H groups in total. The summed E-state index contributed by atoms with van der Waals surface area (Å²) in [5.41, 5.74) is 0. The topological polar surface area (TPSA) is 70.4 Å². The molecule has 76 valence electrons. The van der Waals surface area contributed by atoms with Gasteiger partial charge in [0.1, 0.15) is 0 Å². The van der Waals surface area contributed by atoms with Crippen molar-refractivity contribution in [2.24, 2.45) is 0 Å². The summed E-state index contributed by atoms with van der Waals surface area (Å²) in [6.45, 7) is 1.96. The molecule has 0 aliphatic rings. The highest BCUT2D eigenvalue weighted by molar-refractivity contribution is 7.89. The molecule has 0 heterocycles. The lowest BCUT2D eigenvalue weighted by Crippen LogP contribution is -2.35. The molecule has 0 aromatic rings. The first-order valence-corrected chi connectivity index (χ1v) is 5.30. The van der Waals surface area contributed by atoms with Gasteiger partial charge in [0.05, 0.1) is 12.7 Å². The Bertz CT molecular complexity index is 281. The zero-order valence-corrected chi connectivity index (χ0v) is 8.84. The van der Waals surface area contributed by atoms with Crippen molar-refractivity contribution >= 4 is 10.0 Å². The van der Waals surface area contributed by atoms with E-state index in [-0.39, 0.29) is 6.54 Å². The van der Waals surface area contributed by atoms with E-state index >= 15 is 0 Å². The second-order valence-corrected chi connectivity index (χ2v) is 4.99. The van der Waals surface area contributed by atoms with Crippen LogP contribution >= 0.6 is 0 Å². The smallest absolute Gasteiger partial charge is 0.230 e. The summed E-state index contributed by atoms with van der Waals surface area (Å²) in [6, 6.07) is 1.69. The number of likely N-dealkylation sites (N-methyl/N-ethyl adjacent to an activating group) is 1. The zero-order chi connectivity index (χ0) is 10.5. The number of hydrogen-bond acceptors (Lipinski definition) is 4. The molecule has 5 nitrogen and oxygen atoms in total. The lowest BCUT2D eigenvalue weighted by Gasteiger charge is -2.17. The molecule has 6 heteroatoms. The molecular weight excluding hydrogens is 192 g/mol. The molecule has 1 atom stereocenters. The van der Waals surface area contributed by atoms with Gasteiger partial charge in [0, 0.05) is 20.7 Å². The average Bonchev–Trinajstić information content (AvgIpc) is 2.12. The van der Waals surface area contributed by atoms with Crippen LogP contribution in [0.15, 0.2) is 0 Å². The van der Waals surface area contributed by atoms with E-state index in [0.29, 0.717) is 6.61 Å². The summed E-state index contributed by atoms with van der Waals surface area (Å²) in [5.74, 6) is 0. The number of hydrogen-bond donors (Lipinski definition) is 0. The Hall–Kier alpha value is -0.640. The maximum Gasteiger partial charge on any atom is 0.230 e. The Labute approximate surface area is 79.0 Å². The van der Waals surface area contributed by atoms with Crippen molar-refractivity contribution in [3.63, 3.8) is 0 Å². The van der Waals surface area contributed by atoms with E-state index in [1.807, 2.05) is 0 Å². The van der Waals surface area contributed by atoms with Crippen molar-refractivity contribution in [2.75, 3.05) is 27.3 Å². The predicted octanol–water partition coefficient (Wildman–Crippen LogP) is -0.194. The van der Waals surface area contributed by atoms with Gasteiger partial charge in [0.15, 0.2) is 5.25 Å². The molecule has 0 spiro atoms. The molecule has 0 aromatic carbocycles. The Morgan fingerprint density at radius 3 is 2.54 bits per heavy atom. The van der Waals surface area contributed by atoms with Crippen LogP contribution < -0.4 is 0 Å². The molecule has 0 bridgehead atoms. The quantitative estimate of drug-likeness (QED) is 0.625. The fraction of sp³-hybridized carbons (Fsp3) is 0.857. The molecule has 0 rings (SSSR count). The van der Waals surface area contributed by atoms with Crippen LogP contribution in [0, 0.1) is 11.3 Å². The first-order valence-electron chi connectivity index (χ1n) is 3.80. The molecule has 0 aromatic heterocycles. The standard InChI is InChI=1S/C7H14N2O3S/c1-7(6-8)13(10,11)9(2)4-5-12-3/h7H,4-5H2,1-3H3. The molecule has 0 fully saturated rings. The molecule has 0 amide bonds. The monoisotopic (exact) mass is 206 g/mol. The van der Waals surface area contributed by atoms with Crippen LogP contribution in [0.5, 0.6) is 0 Å². The average molecular weight is 206 g/mol. The van der Waals surface area contributed by atoms with Gasteiger partial charge < -0.3 is 4.74 Å². The SMILES string of the molecule is COCCN(C)S(=O)(=O)C(C)C#N.